The standard InChI is InChI=1S/C15H13Cl2N3O3/c1-22-10-3-5-12(23-2)9(7-10)8-18-20-15(21)14-11(16)4-6-13(17)19-14/h3-8H,1-2H3,(H,20,21)/b18-8+. The molecule has 0 bridgehead atoms. The molecule has 0 unspecified atom stereocenters. The number of aromatic nitrogens is 1. The number of amides is 1. The van der Waals surface area contributed by atoms with E-state index in [1.54, 1.807) is 25.3 Å². The van der Waals surface area contributed by atoms with Crippen LogP contribution in [0.5, 0.6) is 11.5 Å². The summed E-state index contributed by atoms with van der Waals surface area (Å²) >= 11 is 11.6. The number of methoxy groups -OCH3 is 2. The van der Waals surface area contributed by atoms with Gasteiger partial charge in [0.1, 0.15) is 22.3 Å². The average Bonchev–Trinajstić information content (AvgIpc) is 2.56. The van der Waals surface area contributed by atoms with Crippen molar-refractivity contribution in [1.82, 2.24) is 10.4 Å². The number of halogens is 2. The fourth-order valence-electron chi connectivity index (χ4n) is 1.73. The summed E-state index contributed by atoms with van der Waals surface area (Å²) in [6.07, 6.45) is 1.43. The van der Waals surface area contributed by atoms with Gasteiger partial charge < -0.3 is 9.47 Å². The van der Waals surface area contributed by atoms with Crippen molar-refractivity contribution < 1.29 is 14.3 Å². The maximum Gasteiger partial charge on any atom is 0.291 e. The van der Waals surface area contributed by atoms with Crippen LogP contribution in [0.1, 0.15) is 16.1 Å². The van der Waals surface area contributed by atoms with Crippen molar-refractivity contribution in [2.75, 3.05) is 14.2 Å². The molecule has 0 radical (unpaired) electrons. The number of pyridine rings is 1. The highest BCUT2D eigenvalue weighted by atomic mass is 35.5. The van der Waals surface area contributed by atoms with Gasteiger partial charge in [0.2, 0.25) is 0 Å². The van der Waals surface area contributed by atoms with Crippen molar-refractivity contribution in [2.24, 2.45) is 5.10 Å². The van der Waals surface area contributed by atoms with Crippen LogP contribution in [0, 0.1) is 0 Å². The van der Waals surface area contributed by atoms with Crippen molar-refractivity contribution in [1.29, 1.82) is 0 Å². The Morgan fingerprint density at radius 2 is 2.00 bits per heavy atom. The number of carbonyl (C=O) groups is 1. The third kappa shape index (κ3) is 4.34. The normalized spacial score (nSPS) is 10.6. The van der Waals surface area contributed by atoms with Gasteiger partial charge in [-0.3, -0.25) is 4.79 Å². The molecule has 23 heavy (non-hydrogen) atoms. The van der Waals surface area contributed by atoms with Crippen LogP contribution in [0.15, 0.2) is 35.4 Å². The van der Waals surface area contributed by atoms with Crippen molar-refractivity contribution >= 4 is 35.3 Å². The minimum absolute atomic E-state index is 0.00563. The first-order valence-corrected chi connectivity index (χ1v) is 7.18. The molecule has 1 heterocycles. The topological polar surface area (TPSA) is 72.8 Å². The Morgan fingerprint density at radius 3 is 2.70 bits per heavy atom. The highest BCUT2D eigenvalue weighted by Gasteiger charge is 2.12. The first kappa shape index (κ1) is 17.1. The second kappa shape index (κ2) is 7.80. The van der Waals surface area contributed by atoms with Crippen molar-refractivity contribution in [3.63, 3.8) is 0 Å². The van der Waals surface area contributed by atoms with E-state index in [1.807, 2.05) is 0 Å². The molecule has 0 fully saturated rings. The molecule has 0 spiro atoms. The van der Waals surface area contributed by atoms with Crippen LogP contribution in [0.4, 0.5) is 0 Å². The Labute approximate surface area is 143 Å². The summed E-state index contributed by atoms with van der Waals surface area (Å²) < 4.78 is 10.3. The number of nitrogens with zero attached hydrogens (tertiary/aromatic N) is 2. The summed E-state index contributed by atoms with van der Waals surface area (Å²) in [5.74, 6) is 0.649. The van der Waals surface area contributed by atoms with Gasteiger partial charge in [0.15, 0.2) is 0 Å². The van der Waals surface area contributed by atoms with Crippen LogP contribution >= 0.6 is 23.2 Å². The molecule has 0 aliphatic carbocycles. The van der Waals surface area contributed by atoms with Crippen LogP contribution in [-0.2, 0) is 0 Å². The maximum atomic E-state index is 12.0. The minimum Gasteiger partial charge on any atom is -0.497 e. The van der Waals surface area contributed by atoms with Crippen molar-refractivity contribution in [2.45, 2.75) is 0 Å². The predicted molar refractivity (Wildman–Crippen MR) is 88.9 cm³/mol. The van der Waals surface area contributed by atoms with E-state index < -0.39 is 5.91 Å². The summed E-state index contributed by atoms with van der Waals surface area (Å²) in [7, 11) is 3.09. The van der Waals surface area contributed by atoms with Gasteiger partial charge in [-0.25, -0.2) is 10.4 Å². The van der Waals surface area contributed by atoms with Crippen LogP contribution < -0.4 is 14.9 Å². The van der Waals surface area contributed by atoms with E-state index in [2.05, 4.69) is 15.5 Å². The quantitative estimate of drug-likeness (QED) is 0.509. The number of rotatable bonds is 5. The molecule has 2 rings (SSSR count). The van der Waals surface area contributed by atoms with Gasteiger partial charge in [0.05, 0.1) is 25.5 Å². The lowest BCUT2D eigenvalue weighted by molar-refractivity contribution is 0.0950. The zero-order valence-electron chi connectivity index (χ0n) is 12.3. The maximum absolute atomic E-state index is 12.0. The summed E-state index contributed by atoms with van der Waals surface area (Å²) in [5.41, 5.74) is 2.96. The third-order valence-electron chi connectivity index (χ3n) is 2.83. The van der Waals surface area contributed by atoms with E-state index >= 15 is 0 Å². The molecule has 6 nitrogen and oxygen atoms in total. The van der Waals surface area contributed by atoms with Gasteiger partial charge in [-0.2, -0.15) is 5.10 Å². The number of hydrogen-bond acceptors (Lipinski definition) is 5. The zero-order chi connectivity index (χ0) is 16.8. The van der Waals surface area contributed by atoms with E-state index in [4.69, 9.17) is 32.7 Å². The number of nitrogens with one attached hydrogen (secondary N) is 1. The van der Waals surface area contributed by atoms with Crippen LogP contribution in [0.3, 0.4) is 0 Å². The molecule has 0 aliphatic rings. The number of hydrazone groups is 1. The summed E-state index contributed by atoms with van der Waals surface area (Å²) in [6, 6.07) is 8.19. The van der Waals surface area contributed by atoms with Gasteiger partial charge in [0, 0.05) is 5.56 Å². The molecule has 2 aromatic rings. The Hall–Kier alpha value is -2.31. The number of carbonyl (C=O) groups excluding carboxylic acids is 1. The van der Waals surface area contributed by atoms with Gasteiger partial charge in [-0.1, -0.05) is 23.2 Å². The Morgan fingerprint density at radius 1 is 1.22 bits per heavy atom. The number of benzene rings is 1. The summed E-state index contributed by atoms with van der Waals surface area (Å²) in [4.78, 5) is 15.9. The summed E-state index contributed by atoms with van der Waals surface area (Å²) in [5, 5.41) is 4.22. The lowest BCUT2D eigenvalue weighted by Gasteiger charge is -2.07. The Kier molecular flexibility index (Phi) is 5.78. The van der Waals surface area contributed by atoms with E-state index in [-0.39, 0.29) is 15.9 Å². The average molecular weight is 354 g/mol. The molecule has 0 atom stereocenters. The molecule has 1 amide bonds. The molecular formula is C15H13Cl2N3O3. The lowest BCUT2D eigenvalue weighted by atomic mass is 10.2. The van der Waals surface area contributed by atoms with E-state index in [1.165, 1.54) is 25.5 Å². The molecule has 120 valence electrons. The molecule has 1 aromatic carbocycles. The molecule has 1 aromatic heterocycles. The van der Waals surface area contributed by atoms with Crippen LogP contribution in [0.25, 0.3) is 0 Å². The van der Waals surface area contributed by atoms with E-state index in [0.29, 0.717) is 17.1 Å². The first-order valence-electron chi connectivity index (χ1n) is 6.42. The van der Waals surface area contributed by atoms with Gasteiger partial charge in [0.25, 0.3) is 5.91 Å². The van der Waals surface area contributed by atoms with Gasteiger partial charge in [-0.15, -0.1) is 0 Å². The van der Waals surface area contributed by atoms with Crippen LogP contribution in [0.2, 0.25) is 10.2 Å². The molecule has 1 N–H and O–H groups in total. The van der Waals surface area contributed by atoms with Crippen molar-refractivity contribution in [3.05, 3.63) is 51.8 Å². The van der Waals surface area contributed by atoms with Crippen LogP contribution in [-0.4, -0.2) is 31.3 Å². The monoisotopic (exact) mass is 353 g/mol. The number of hydrogen-bond donors (Lipinski definition) is 1. The third-order valence-corrected chi connectivity index (χ3v) is 3.35. The molecule has 0 saturated carbocycles. The van der Waals surface area contributed by atoms with E-state index in [9.17, 15) is 4.79 Å². The number of ether oxygens (including phenoxy) is 2. The predicted octanol–water partition coefficient (Wildman–Crippen LogP) is 3.17. The first-order chi connectivity index (χ1) is 11.0. The fourth-order valence-corrected chi connectivity index (χ4v) is 2.07. The highest BCUT2D eigenvalue weighted by molar-refractivity contribution is 6.34. The molecule has 0 aliphatic heterocycles. The lowest BCUT2D eigenvalue weighted by Crippen LogP contribution is -2.19. The van der Waals surface area contributed by atoms with Crippen molar-refractivity contribution in [3.8, 4) is 11.5 Å². The Balaban J connectivity index is 2.15. The molecule has 8 heteroatoms. The SMILES string of the molecule is COc1ccc(OC)c(/C=N/NC(=O)c2nc(Cl)ccc2Cl)c1. The fraction of sp³-hybridized carbons (Fsp3) is 0.133. The highest BCUT2D eigenvalue weighted by Crippen LogP contribution is 2.22. The summed E-state index contributed by atoms with van der Waals surface area (Å²) in [6.45, 7) is 0. The largest absolute Gasteiger partial charge is 0.497 e. The smallest absolute Gasteiger partial charge is 0.291 e. The van der Waals surface area contributed by atoms with Gasteiger partial charge >= 0.3 is 0 Å². The molecular weight excluding hydrogens is 341 g/mol. The zero-order valence-corrected chi connectivity index (χ0v) is 13.9. The van der Waals surface area contributed by atoms with Gasteiger partial charge in [-0.05, 0) is 30.3 Å². The second-order valence-corrected chi connectivity index (χ2v) is 5.07. The van der Waals surface area contributed by atoms with E-state index in [0.717, 1.165) is 0 Å². The minimum atomic E-state index is -0.574. The molecule has 0 saturated heterocycles. The second-order valence-electron chi connectivity index (χ2n) is 4.27. The Bertz CT molecular complexity index is 751.